The van der Waals surface area contributed by atoms with Crippen molar-refractivity contribution in [2.24, 2.45) is 5.92 Å². The standard InChI is InChI=1S/C18H24N4O2/c1-13-19-20-17(24-13)15-4-6-16(7-5-15)18(23)22-10-8-14(9-11-22)12-21(2)3/h4-7,14H,8-12H2,1-3H3. The van der Waals surface area contributed by atoms with E-state index in [0.29, 0.717) is 23.3 Å². The normalized spacial score (nSPS) is 15.9. The largest absolute Gasteiger partial charge is 0.421 e. The number of nitrogens with zero attached hydrogens (tertiary/aromatic N) is 4. The molecule has 3 rings (SSSR count). The van der Waals surface area contributed by atoms with E-state index in [4.69, 9.17) is 4.42 Å². The maximum atomic E-state index is 12.6. The molecule has 1 amide bonds. The van der Waals surface area contributed by atoms with Crippen LogP contribution >= 0.6 is 0 Å². The van der Waals surface area contributed by atoms with Crippen LogP contribution in [0.15, 0.2) is 28.7 Å². The van der Waals surface area contributed by atoms with Crippen LogP contribution in [0.5, 0.6) is 0 Å². The maximum absolute atomic E-state index is 12.6. The van der Waals surface area contributed by atoms with Gasteiger partial charge in [-0.15, -0.1) is 10.2 Å². The molecule has 0 spiro atoms. The Morgan fingerprint density at radius 2 is 1.88 bits per heavy atom. The van der Waals surface area contributed by atoms with Crippen molar-refractivity contribution in [1.82, 2.24) is 20.0 Å². The van der Waals surface area contributed by atoms with E-state index in [1.807, 2.05) is 29.2 Å². The highest BCUT2D eigenvalue weighted by molar-refractivity contribution is 5.94. The summed E-state index contributed by atoms with van der Waals surface area (Å²) in [5.74, 6) is 1.81. The van der Waals surface area contributed by atoms with E-state index in [1.54, 1.807) is 6.92 Å². The van der Waals surface area contributed by atoms with Gasteiger partial charge in [0.05, 0.1) is 0 Å². The highest BCUT2D eigenvalue weighted by Crippen LogP contribution is 2.22. The van der Waals surface area contributed by atoms with Crippen LogP contribution in [0.2, 0.25) is 0 Å². The van der Waals surface area contributed by atoms with Crippen LogP contribution in [0.3, 0.4) is 0 Å². The predicted octanol–water partition coefficient (Wildman–Crippen LogP) is 2.46. The fourth-order valence-corrected chi connectivity index (χ4v) is 3.19. The van der Waals surface area contributed by atoms with E-state index in [2.05, 4.69) is 29.2 Å². The van der Waals surface area contributed by atoms with Crippen LogP contribution in [0, 0.1) is 12.8 Å². The lowest BCUT2D eigenvalue weighted by molar-refractivity contribution is 0.0678. The Morgan fingerprint density at radius 3 is 2.42 bits per heavy atom. The molecule has 1 aliphatic heterocycles. The average Bonchev–Trinajstić information content (AvgIpc) is 3.01. The quantitative estimate of drug-likeness (QED) is 0.863. The van der Waals surface area contributed by atoms with Gasteiger partial charge < -0.3 is 14.2 Å². The van der Waals surface area contributed by atoms with Crippen LogP contribution in [0.4, 0.5) is 0 Å². The summed E-state index contributed by atoms with van der Waals surface area (Å²) in [5, 5.41) is 7.82. The number of rotatable bonds is 4. The number of hydrogen-bond acceptors (Lipinski definition) is 5. The highest BCUT2D eigenvalue weighted by Gasteiger charge is 2.24. The summed E-state index contributed by atoms with van der Waals surface area (Å²) in [6.07, 6.45) is 2.15. The van der Waals surface area contributed by atoms with Gasteiger partial charge in [-0.1, -0.05) is 0 Å². The van der Waals surface area contributed by atoms with Crippen molar-refractivity contribution >= 4 is 5.91 Å². The second kappa shape index (κ2) is 7.13. The van der Waals surface area contributed by atoms with Crippen LogP contribution in [0.25, 0.3) is 11.5 Å². The third-order valence-electron chi connectivity index (χ3n) is 4.43. The number of likely N-dealkylation sites (tertiary alicyclic amines) is 1. The zero-order valence-electron chi connectivity index (χ0n) is 14.5. The van der Waals surface area contributed by atoms with E-state index in [0.717, 1.165) is 38.0 Å². The molecule has 128 valence electrons. The van der Waals surface area contributed by atoms with Crippen LogP contribution in [-0.2, 0) is 0 Å². The number of carbonyl (C=O) groups is 1. The van der Waals surface area contributed by atoms with Gasteiger partial charge in [0, 0.05) is 37.7 Å². The minimum absolute atomic E-state index is 0.103. The molecule has 1 aliphatic rings. The van der Waals surface area contributed by atoms with Crippen molar-refractivity contribution < 1.29 is 9.21 Å². The van der Waals surface area contributed by atoms with E-state index in [1.165, 1.54) is 0 Å². The van der Waals surface area contributed by atoms with E-state index in [-0.39, 0.29) is 5.91 Å². The van der Waals surface area contributed by atoms with Crippen molar-refractivity contribution in [1.29, 1.82) is 0 Å². The van der Waals surface area contributed by atoms with Crippen LogP contribution in [-0.4, -0.2) is 59.6 Å². The molecule has 24 heavy (non-hydrogen) atoms. The van der Waals surface area contributed by atoms with Crippen molar-refractivity contribution in [3.05, 3.63) is 35.7 Å². The maximum Gasteiger partial charge on any atom is 0.253 e. The Labute approximate surface area is 142 Å². The molecule has 1 saturated heterocycles. The number of amides is 1. The van der Waals surface area contributed by atoms with Crippen molar-refractivity contribution in [3.8, 4) is 11.5 Å². The van der Waals surface area contributed by atoms with Gasteiger partial charge in [0.2, 0.25) is 11.8 Å². The second-order valence-electron chi connectivity index (χ2n) is 6.70. The fourth-order valence-electron chi connectivity index (χ4n) is 3.19. The lowest BCUT2D eigenvalue weighted by Crippen LogP contribution is -2.40. The monoisotopic (exact) mass is 328 g/mol. The predicted molar refractivity (Wildman–Crippen MR) is 91.7 cm³/mol. The average molecular weight is 328 g/mol. The molecule has 2 heterocycles. The summed E-state index contributed by atoms with van der Waals surface area (Å²) in [6, 6.07) is 7.39. The minimum Gasteiger partial charge on any atom is -0.421 e. The molecule has 6 nitrogen and oxygen atoms in total. The van der Waals surface area contributed by atoms with Gasteiger partial charge in [-0.3, -0.25) is 4.79 Å². The van der Waals surface area contributed by atoms with Gasteiger partial charge in [0.1, 0.15) is 0 Å². The molecule has 0 atom stereocenters. The Bertz CT molecular complexity index is 685. The molecule has 0 saturated carbocycles. The first-order chi connectivity index (χ1) is 11.5. The van der Waals surface area contributed by atoms with Gasteiger partial charge in [-0.2, -0.15) is 0 Å². The Balaban J connectivity index is 1.61. The Hall–Kier alpha value is -2.21. The van der Waals surface area contributed by atoms with E-state index < -0.39 is 0 Å². The smallest absolute Gasteiger partial charge is 0.253 e. The highest BCUT2D eigenvalue weighted by atomic mass is 16.4. The molecule has 0 radical (unpaired) electrons. The summed E-state index contributed by atoms with van der Waals surface area (Å²) in [4.78, 5) is 16.8. The van der Waals surface area contributed by atoms with Gasteiger partial charge in [-0.05, 0) is 57.1 Å². The third kappa shape index (κ3) is 3.82. The van der Waals surface area contributed by atoms with Crippen molar-refractivity contribution in [3.63, 3.8) is 0 Å². The number of hydrogen-bond donors (Lipinski definition) is 0. The summed E-state index contributed by atoms with van der Waals surface area (Å²) in [5.41, 5.74) is 1.54. The van der Waals surface area contributed by atoms with E-state index in [9.17, 15) is 4.79 Å². The molecule has 1 aromatic carbocycles. The zero-order chi connectivity index (χ0) is 17.1. The molecule has 0 unspecified atom stereocenters. The molecule has 0 bridgehead atoms. The van der Waals surface area contributed by atoms with Crippen LogP contribution < -0.4 is 0 Å². The molecule has 1 aromatic heterocycles. The van der Waals surface area contributed by atoms with Gasteiger partial charge in [-0.25, -0.2) is 0 Å². The zero-order valence-corrected chi connectivity index (χ0v) is 14.5. The number of aromatic nitrogens is 2. The lowest BCUT2D eigenvalue weighted by Gasteiger charge is -2.33. The summed E-state index contributed by atoms with van der Waals surface area (Å²) in [7, 11) is 4.20. The summed E-state index contributed by atoms with van der Waals surface area (Å²) in [6.45, 7) is 4.53. The first-order valence-electron chi connectivity index (χ1n) is 8.37. The number of aryl methyl sites for hydroxylation is 1. The molecular formula is C18H24N4O2. The molecule has 6 heteroatoms. The molecule has 2 aromatic rings. The van der Waals surface area contributed by atoms with Crippen molar-refractivity contribution in [2.45, 2.75) is 19.8 Å². The fraction of sp³-hybridized carbons (Fsp3) is 0.500. The number of piperidine rings is 1. The number of benzene rings is 1. The van der Waals surface area contributed by atoms with Gasteiger partial charge in [0.25, 0.3) is 5.91 Å². The SMILES string of the molecule is Cc1nnc(-c2ccc(C(=O)N3CCC(CN(C)C)CC3)cc2)o1. The van der Waals surface area contributed by atoms with E-state index >= 15 is 0 Å². The second-order valence-corrected chi connectivity index (χ2v) is 6.70. The van der Waals surface area contributed by atoms with Crippen molar-refractivity contribution in [2.75, 3.05) is 33.7 Å². The lowest BCUT2D eigenvalue weighted by atomic mass is 9.96. The molecule has 0 aliphatic carbocycles. The van der Waals surface area contributed by atoms with Gasteiger partial charge in [0.15, 0.2) is 0 Å². The first-order valence-corrected chi connectivity index (χ1v) is 8.37. The summed E-state index contributed by atoms with van der Waals surface area (Å²) < 4.78 is 5.41. The third-order valence-corrected chi connectivity index (χ3v) is 4.43. The Morgan fingerprint density at radius 1 is 1.21 bits per heavy atom. The topological polar surface area (TPSA) is 62.5 Å². The number of carbonyl (C=O) groups excluding carboxylic acids is 1. The first kappa shape index (κ1) is 16.6. The van der Waals surface area contributed by atoms with Crippen LogP contribution in [0.1, 0.15) is 29.1 Å². The summed E-state index contributed by atoms with van der Waals surface area (Å²) >= 11 is 0. The molecule has 1 fully saturated rings. The minimum atomic E-state index is 0.103. The molecule has 0 N–H and O–H groups in total. The molecular weight excluding hydrogens is 304 g/mol. The van der Waals surface area contributed by atoms with Gasteiger partial charge >= 0.3 is 0 Å². The Kier molecular flexibility index (Phi) is 4.94.